The van der Waals surface area contributed by atoms with Crippen molar-refractivity contribution in [1.82, 2.24) is 15.1 Å². The molecule has 0 unspecified atom stereocenters. The number of alkyl carbamates (subject to hydrolysis) is 1. The minimum Gasteiger partial charge on any atom is -0.445 e. The Morgan fingerprint density at radius 2 is 2.12 bits per heavy atom. The smallest absolute Gasteiger partial charge is 0.407 e. The highest BCUT2D eigenvalue weighted by atomic mass is 16.5. The average molecular weight is 343 g/mol. The van der Waals surface area contributed by atoms with E-state index in [9.17, 15) is 4.79 Å². The number of hydrogen-bond donors (Lipinski definition) is 2. The number of nitrogen functional groups attached to an aromatic ring is 1. The number of nitrogens with zero attached hydrogens (tertiary/aromatic N) is 3. The molecule has 0 bridgehead atoms. The summed E-state index contributed by atoms with van der Waals surface area (Å²) >= 11 is 0. The molecule has 2 aromatic rings. The van der Waals surface area contributed by atoms with Gasteiger partial charge >= 0.3 is 6.09 Å². The number of aryl methyl sites for hydroxylation is 1. The Labute approximate surface area is 147 Å². The molecular weight excluding hydrogens is 318 g/mol. The van der Waals surface area contributed by atoms with E-state index in [1.165, 1.54) is 0 Å². The minimum atomic E-state index is -0.359. The quantitative estimate of drug-likeness (QED) is 0.890. The van der Waals surface area contributed by atoms with Gasteiger partial charge in [0.05, 0.1) is 11.9 Å². The van der Waals surface area contributed by atoms with Gasteiger partial charge in [0.2, 0.25) is 0 Å². The summed E-state index contributed by atoms with van der Waals surface area (Å²) in [7, 11) is 1.90. The van der Waals surface area contributed by atoms with Gasteiger partial charge in [0.15, 0.2) is 0 Å². The van der Waals surface area contributed by atoms with Crippen LogP contribution in [0, 0.1) is 0 Å². The van der Waals surface area contributed by atoms with Crippen LogP contribution in [0.15, 0.2) is 36.5 Å². The third-order valence-corrected chi connectivity index (χ3v) is 4.50. The highest BCUT2D eigenvalue weighted by Crippen LogP contribution is 2.24. The number of rotatable bonds is 4. The lowest BCUT2D eigenvalue weighted by Gasteiger charge is -2.23. The second kappa shape index (κ2) is 7.92. The first-order chi connectivity index (χ1) is 12.1. The lowest BCUT2D eigenvalue weighted by molar-refractivity contribution is 0.135. The maximum atomic E-state index is 12.0. The Morgan fingerprint density at radius 3 is 2.84 bits per heavy atom. The van der Waals surface area contributed by atoms with E-state index in [4.69, 9.17) is 10.5 Å². The molecule has 1 saturated heterocycles. The normalized spacial score (nSPS) is 17.8. The number of nitrogens with two attached hydrogens (primary N) is 1. The maximum Gasteiger partial charge on any atom is 0.407 e. The largest absolute Gasteiger partial charge is 0.445 e. The molecule has 1 aliphatic heterocycles. The van der Waals surface area contributed by atoms with Crippen LogP contribution in [-0.4, -0.2) is 35.0 Å². The van der Waals surface area contributed by atoms with Gasteiger partial charge in [0.25, 0.3) is 0 Å². The van der Waals surface area contributed by atoms with Crippen molar-refractivity contribution in [2.24, 2.45) is 7.05 Å². The highest BCUT2D eigenvalue weighted by Gasteiger charge is 2.22. The Kier molecular flexibility index (Phi) is 5.42. The summed E-state index contributed by atoms with van der Waals surface area (Å²) in [5.41, 5.74) is 7.69. The first kappa shape index (κ1) is 17.1. The van der Waals surface area contributed by atoms with Crippen LogP contribution in [-0.2, 0) is 18.4 Å². The Hall–Kier alpha value is -2.70. The molecule has 3 N–H and O–H groups in total. The fourth-order valence-electron chi connectivity index (χ4n) is 3.22. The molecule has 134 valence electrons. The van der Waals surface area contributed by atoms with Crippen molar-refractivity contribution < 1.29 is 9.53 Å². The zero-order valence-electron chi connectivity index (χ0n) is 14.5. The fraction of sp³-hybridized carbons (Fsp3) is 0.444. The number of benzene rings is 1. The first-order valence-electron chi connectivity index (χ1n) is 8.63. The highest BCUT2D eigenvalue weighted by molar-refractivity contribution is 5.67. The van der Waals surface area contributed by atoms with Gasteiger partial charge < -0.3 is 20.7 Å². The van der Waals surface area contributed by atoms with Crippen molar-refractivity contribution in [2.75, 3.05) is 23.7 Å². The molecule has 0 aliphatic carbocycles. The van der Waals surface area contributed by atoms with E-state index in [2.05, 4.69) is 15.3 Å². The molecule has 2 heterocycles. The average Bonchev–Trinajstić information content (AvgIpc) is 2.81. The number of anilines is 2. The molecule has 3 rings (SSSR count). The molecule has 7 heteroatoms. The van der Waals surface area contributed by atoms with Crippen molar-refractivity contribution in [3.05, 3.63) is 42.1 Å². The zero-order chi connectivity index (χ0) is 17.6. The fourth-order valence-corrected chi connectivity index (χ4v) is 3.22. The molecule has 1 fully saturated rings. The van der Waals surface area contributed by atoms with Gasteiger partial charge in [-0.25, -0.2) is 4.79 Å². The summed E-state index contributed by atoms with van der Waals surface area (Å²) in [6.07, 6.45) is 4.08. The lowest BCUT2D eigenvalue weighted by Crippen LogP contribution is -2.36. The van der Waals surface area contributed by atoms with Crippen molar-refractivity contribution in [3.8, 4) is 0 Å². The summed E-state index contributed by atoms with van der Waals surface area (Å²) in [6, 6.07) is 9.80. The standard InChI is InChI=1S/C18H25N5O2/c1-22-17(16(19)12-20-22)23-10-5-8-15(9-11-23)21-18(24)25-13-14-6-3-2-4-7-14/h2-4,6-7,12,15H,5,8-11,13,19H2,1H3,(H,21,24)/t15-/m0/s1. The third kappa shape index (κ3) is 4.43. The summed E-state index contributed by atoms with van der Waals surface area (Å²) in [5, 5.41) is 7.19. The van der Waals surface area contributed by atoms with Crippen molar-refractivity contribution in [2.45, 2.75) is 31.9 Å². The Morgan fingerprint density at radius 1 is 1.32 bits per heavy atom. The van der Waals surface area contributed by atoms with E-state index in [1.54, 1.807) is 10.9 Å². The van der Waals surface area contributed by atoms with Gasteiger partial charge in [0.1, 0.15) is 12.4 Å². The number of aromatic nitrogens is 2. The number of carbonyl (C=O) groups is 1. The Bertz CT molecular complexity index is 681. The van der Waals surface area contributed by atoms with Gasteiger partial charge in [-0.1, -0.05) is 30.3 Å². The maximum absolute atomic E-state index is 12.0. The molecule has 1 aliphatic rings. The molecule has 7 nitrogen and oxygen atoms in total. The van der Waals surface area contributed by atoms with E-state index in [0.29, 0.717) is 5.69 Å². The number of carbonyl (C=O) groups excluding carboxylic acids is 1. The second-order valence-electron chi connectivity index (χ2n) is 6.37. The van der Waals surface area contributed by atoms with Crippen LogP contribution in [0.25, 0.3) is 0 Å². The van der Waals surface area contributed by atoms with Crippen LogP contribution in [0.4, 0.5) is 16.3 Å². The Balaban J connectivity index is 1.49. The third-order valence-electron chi connectivity index (χ3n) is 4.50. The molecule has 1 aromatic carbocycles. The van der Waals surface area contributed by atoms with E-state index in [0.717, 1.165) is 43.7 Å². The number of hydrogen-bond acceptors (Lipinski definition) is 5. The van der Waals surface area contributed by atoms with E-state index in [1.807, 2.05) is 37.4 Å². The number of amides is 1. The van der Waals surface area contributed by atoms with Gasteiger partial charge in [-0.15, -0.1) is 0 Å². The van der Waals surface area contributed by atoms with Crippen molar-refractivity contribution in [1.29, 1.82) is 0 Å². The predicted molar refractivity (Wildman–Crippen MR) is 97.2 cm³/mol. The zero-order valence-corrected chi connectivity index (χ0v) is 14.5. The van der Waals surface area contributed by atoms with Gasteiger partial charge in [-0.2, -0.15) is 5.10 Å². The molecular formula is C18H25N5O2. The van der Waals surface area contributed by atoms with Crippen LogP contribution in [0.1, 0.15) is 24.8 Å². The molecule has 0 spiro atoms. The summed E-state index contributed by atoms with van der Waals surface area (Å²) in [4.78, 5) is 14.3. The molecule has 0 saturated carbocycles. The monoisotopic (exact) mass is 343 g/mol. The summed E-state index contributed by atoms with van der Waals surface area (Å²) < 4.78 is 7.11. The minimum absolute atomic E-state index is 0.114. The van der Waals surface area contributed by atoms with Crippen LogP contribution < -0.4 is 16.0 Å². The second-order valence-corrected chi connectivity index (χ2v) is 6.37. The van der Waals surface area contributed by atoms with Crippen molar-refractivity contribution >= 4 is 17.6 Å². The topological polar surface area (TPSA) is 85.4 Å². The first-order valence-corrected chi connectivity index (χ1v) is 8.63. The van der Waals surface area contributed by atoms with Crippen LogP contribution >= 0.6 is 0 Å². The molecule has 1 aromatic heterocycles. The molecule has 1 atom stereocenters. The van der Waals surface area contributed by atoms with Crippen LogP contribution in [0.3, 0.4) is 0 Å². The lowest BCUT2D eigenvalue weighted by atomic mass is 10.1. The van der Waals surface area contributed by atoms with Gasteiger partial charge in [0, 0.05) is 26.2 Å². The summed E-state index contributed by atoms with van der Waals surface area (Å²) in [5.74, 6) is 0.951. The predicted octanol–water partition coefficient (Wildman–Crippen LogP) is 2.29. The van der Waals surface area contributed by atoms with Crippen LogP contribution in [0.5, 0.6) is 0 Å². The SMILES string of the molecule is Cn1ncc(N)c1N1CCC[C@H](NC(=O)OCc2ccccc2)CC1. The van der Waals surface area contributed by atoms with Gasteiger partial charge in [-0.05, 0) is 24.8 Å². The molecule has 1 amide bonds. The van der Waals surface area contributed by atoms with E-state index in [-0.39, 0.29) is 18.7 Å². The van der Waals surface area contributed by atoms with Crippen LogP contribution in [0.2, 0.25) is 0 Å². The molecule has 25 heavy (non-hydrogen) atoms. The van der Waals surface area contributed by atoms with Gasteiger partial charge in [-0.3, -0.25) is 4.68 Å². The van der Waals surface area contributed by atoms with E-state index < -0.39 is 0 Å². The number of nitrogens with one attached hydrogen (secondary N) is 1. The summed E-state index contributed by atoms with van der Waals surface area (Å²) in [6.45, 7) is 2.02. The molecule has 0 radical (unpaired) electrons. The van der Waals surface area contributed by atoms with E-state index >= 15 is 0 Å². The number of ether oxygens (including phenoxy) is 1. The van der Waals surface area contributed by atoms with Crippen molar-refractivity contribution in [3.63, 3.8) is 0 Å².